The molecule has 0 aromatic heterocycles. The lowest BCUT2D eigenvalue weighted by Gasteiger charge is -2.05. The maximum absolute atomic E-state index is 5.05. The summed E-state index contributed by atoms with van der Waals surface area (Å²) in [6.07, 6.45) is 0. The Morgan fingerprint density at radius 3 is 1.71 bits per heavy atom. The van der Waals surface area contributed by atoms with Crippen molar-refractivity contribution in [2.45, 2.75) is 41.0 Å². The van der Waals surface area contributed by atoms with Gasteiger partial charge in [-0.05, 0) is 23.6 Å². The van der Waals surface area contributed by atoms with Crippen LogP contribution < -0.4 is 4.74 Å². The first kappa shape index (κ1) is 15.5. The highest BCUT2D eigenvalue weighted by Crippen LogP contribution is 2.17. The van der Waals surface area contributed by atoms with Crippen molar-refractivity contribution in [2.75, 3.05) is 7.11 Å². The summed E-state index contributed by atoms with van der Waals surface area (Å²) in [6, 6.07) is 8.19. The van der Waals surface area contributed by atoms with Crippen LogP contribution in [0.3, 0.4) is 0 Å². The zero-order valence-corrected chi connectivity index (χ0v) is 9.29. The van der Waals surface area contributed by atoms with Gasteiger partial charge < -0.3 is 4.74 Å². The Morgan fingerprint density at radius 2 is 1.43 bits per heavy atom. The summed E-state index contributed by atoms with van der Waals surface area (Å²) in [6.45, 7) is 8.36. The van der Waals surface area contributed by atoms with Gasteiger partial charge in [-0.25, -0.2) is 0 Å². The Balaban J connectivity index is 0. The van der Waals surface area contributed by atoms with E-state index in [1.165, 1.54) is 5.56 Å². The van der Waals surface area contributed by atoms with Crippen molar-refractivity contribution in [2.24, 2.45) is 0 Å². The first-order valence-corrected chi connectivity index (χ1v) is 4.88. The van der Waals surface area contributed by atoms with E-state index >= 15 is 0 Å². The van der Waals surface area contributed by atoms with Gasteiger partial charge >= 0.3 is 0 Å². The lowest BCUT2D eigenvalue weighted by Crippen LogP contribution is -1.87. The SMILES string of the molecule is C.CC.COc1ccc(C(C)C)cc1. The van der Waals surface area contributed by atoms with Crippen LogP contribution in [0.2, 0.25) is 0 Å². The minimum absolute atomic E-state index is 0. The second kappa shape index (κ2) is 8.61. The Bertz CT molecular complexity index is 211. The molecule has 0 spiro atoms. The normalized spacial score (nSPS) is 8.43. The Morgan fingerprint density at radius 1 is 1.00 bits per heavy atom. The maximum atomic E-state index is 5.05. The summed E-state index contributed by atoms with van der Waals surface area (Å²) in [5, 5.41) is 0. The molecule has 1 nitrogen and oxygen atoms in total. The molecule has 0 saturated carbocycles. The zero-order chi connectivity index (χ0) is 10.3. The molecule has 0 unspecified atom stereocenters. The van der Waals surface area contributed by atoms with Crippen LogP contribution in [-0.4, -0.2) is 7.11 Å². The van der Waals surface area contributed by atoms with Crippen LogP contribution >= 0.6 is 0 Å². The predicted molar refractivity (Wildman–Crippen MR) is 65.2 cm³/mol. The summed E-state index contributed by atoms with van der Waals surface area (Å²) in [4.78, 5) is 0. The fourth-order valence-corrected chi connectivity index (χ4v) is 0.989. The number of benzene rings is 1. The van der Waals surface area contributed by atoms with Gasteiger partial charge in [-0.2, -0.15) is 0 Å². The van der Waals surface area contributed by atoms with Gasteiger partial charge in [0.25, 0.3) is 0 Å². The highest BCUT2D eigenvalue weighted by Gasteiger charge is 1.97. The van der Waals surface area contributed by atoms with Crippen molar-refractivity contribution in [1.29, 1.82) is 0 Å². The van der Waals surface area contributed by atoms with E-state index in [0.717, 1.165) is 5.75 Å². The Hall–Kier alpha value is -0.980. The molecule has 0 heterocycles. The minimum atomic E-state index is 0. The molecular formula is C13H24O. The molecular weight excluding hydrogens is 172 g/mol. The average molecular weight is 196 g/mol. The molecule has 1 aromatic carbocycles. The zero-order valence-electron chi connectivity index (χ0n) is 9.29. The van der Waals surface area contributed by atoms with E-state index in [9.17, 15) is 0 Å². The Kier molecular flexibility index (Phi) is 9.53. The molecule has 82 valence electrons. The third-order valence-corrected chi connectivity index (χ3v) is 1.78. The molecule has 14 heavy (non-hydrogen) atoms. The van der Waals surface area contributed by atoms with Crippen LogP contribution in [-0.2, 0) is 0 Å². The Labute approximate surface area is 89.1 Å². The summed E-state index contributed by atoms with van der Waals surface area (Å²) in [5.41, 5.74) is 1.35. The van der Waals surface area contributed by atoms with Crippen molar-refractivity contribution in [1.82, 2.24) is 0 Å². The molecule has 0 bridgehead atoms. The lowest BCUT2D eigenvalue weighted by atomic mass is 10.0. The van der Waals surface area contributed by atoms with Crippen LogP contribution in [0.25, 0.3) is 0 Å². The second-order valence-corrected chi connectivity index (χ2v) is 2.93. The highest BCUT2D eigenvalue weighted by atomic mass is 16.5. The number of hydrogen-bond donors (Lipinski definition) is 0. The van der Waals surface area contributed by atoms with Gasteiger partial charge in [0.05, 0.1) is 7.11 Å². The van der Waals surface area contributed by atoms with E-state index in [-0.39, 0.29) is 7.43 Å². The smallest absolute Gasteiger partial charge is 0.118 e. The maximum Gasteiger partial charge on any atom is 0.118 e. The van der Waals surface area contributed by atoms with Gasteiger partial charge in [0.15, 0.2) is 0 Å². The average Bonchev–Trinajstić information content (AvgIpc) is 2.21. The van der Waals surface area contributed by atoms with E-state index < -0.39 is 0 Å². The van der Waals surface area contributed by atoms with Crippen molar-refractivity contribution < 1.29 is 4.74 Å². The third kappa shape index (κ3) is 4.90. The minimum Gasteiger partial charge on any atom is -0.497 e. The summed E-state index contributed by atoms with van der Waals surface area (Å²) in [5.74, 6) is 1.52. The van der Waals surface area contributed by atoms with Crippen molar-refractivity contribution in [3.8, 4) is 5.75 Å². The summed E-state index contributed by atoms with van der Waals surface area (Å²) < 4.78 is 5.05. The molecule has 0 saturated heterocycles. The van der Waals surface area contributed by atoms with Gasteiger partial charge in [-0.1, -0.05) is 47.3 Å². The van der Waals surface area contributed by atoms with E-state index in [0.29, 0.717) is 5.92 Å². The van der Waals surface area contributed by atoms with Gasteiger partial charge in [0.2, 0.25) is 0 Å². The first-order chi connectivity index (χ1) is 6.24. The van der Waals surface area contributed by atoms with E-state index in [1.54, 1.807) is 7.11 Å². The molecule has 0 atom stereocenters. The fourth-order valence-electron chi connectivity index (χ4n) is 0.989. The van der Waals surface area contributed by atoms with Crippen LogP contribution in [0.1, 0.15) is 46.6 Å². The van der Waals surface area contributed by atoms with Gasteiger partial charge in [0.1, 0.15) is 5.75 Å². The molecule has 0 aliphatic heterocycles. The highest BCUT2D eigenvalue weighted by molar-refractivity contribution is 5.28. The fraction of sp³-hybridized carbons (Fsp3) is 0.538. The van der Waals surface area contributed by atoms with Gasteiger partial charge in [0, 0.05) is 0 Å². The first-order valence-electron chi connectivity index (χ1n) is 4.88. The molecule has 1 rings (SSSR count). The van der Waals surface area contributed by atoms with Crippen LogP contribution in [0.5, 0.6) is 5.75 Å². The van der Waals surface area contributed by atoms with E-state index in [4.69, 9.17) is 4.74 Å². The monoisotopic (exact) mass is 196 g/mol. The number of rotatable bonds is 2. The van der Waals surface area contributed by atoms with Crippen molar-refractivity contribution in [3.63, 3.8) is 0 Å². The molecule has 0 radical (unpaired) electrons. The van der Waals surface area contributed by atoms with E-state index in [1.807, 2.05) is 26.0 Å². The van der Waals surface area contributed by atoms with Crippen molar-refractivity contribution >= 4 is 0 Å². The molecule has 0 aliphatic carbocycles. The molecule has 0 aliphatic rings. The number of methoxy groups -OCH3 is 1. The lowest BCUT2D eigenvalue weighted by molar-refractivity contribution is 0.414. The van der Waals surface area contributed by atoms with Gasteiger partial charge in [-0.3, -0.25) is 0 Å². The largest absolute Gasteiger partial charge is 0.497 e. The van der Waals surface area contributed by atoms with Crippen LogP contribution in [0.4, 0.5) is 0 Å². The molecule has 1 heteroatoms. The molecule has 0 fully saturated rings. The van der Waals surface area contributed by atoms with Gasteiger partial charge in [-0.15, -0.1) is 0 Å². The summed E-state index contributed by atoms with van der Waals surface area (Å²) in [7, 11) is 1.68. The quantitative estimate of drug-likeness (QED) is 0.677. The molecule has 0 N–H and O–H groups in total. The predicted octanol–water partition coefficient (Wildman–Crippen LogP) is 4.48. The molecule has 0 amide bonds. The van der Waals surface area contributed by atoms with E-state index in [2.05, 4.69) is 26.0 Å². The third-order valence-electron chi connectivity index (χ3n) is 1.78. The van der Waals surface area contributed by atoms with Crippen LogP contribution in [0.15, 0.2) is 24.3 Å². The summed E-state index contributed by atoms with van der Waals surface area (Å²) >= 11 is 0. The topological polar surface area (TPSA) is 9.23 Å². The molecule has 1 aromatic rings. The number of ether oxygens (including phenoxy) is 1. The van der Waals surface area contributed by atoms with Crippen LogP contribution in [0, 0.1) is 0 Å². The number of hydrogen-bond acceptors (Lipinski definition) is 1. The second-order valence-electron chi connectivity index (χ2n) is 2.93. The standard InChI is InChI=1S/C10H14O.C2H6.CH4/c1-8(2)9-4-6-10(11-3)7-5-9;1-2;/h4-8H,1-3H3;1-2H3;1H4. The van der Waals surface area contributed by atoms with Crippen molar-refractivity contribution in [3.05, 3.63) is 29.8 Å².